The third-order valence-corrected chi connectivity index (χ3v) is 2.93. The SMILES string of the molecule is Cl.NCCn1[nH]c(C(N)=O)c2ccc3nncc3c21. The third kappa shape index (κ3) is 1.92. The lowest BCUT2D eigenvalue weighted by molar-refractivity contribution is 0.0996. The number of aromatic amines is 1. The molecule has 0 unspecified atom stereocenters. The summed E-state index contributed by atoms with van der Waals surface area (Å²) in [6.07, 6.45) is 1.67. The van der Waals surface area contributed by atoms with Crippen molar-refractivity contribution in [3.8, 4) is 0 Å². The normalized spacial score (nSPS) is 10.8. The van der Waals surface area contributed by atoms with Gasteiger partial charge in [0.15, 0.2) is 0 Å². The fourth-order valence-corrected chi connectivity index (χ4v) is 2.19. The van der Waals surface area contributed by atoms with Gasteiger partial charge in [-0.3, -0.25) is 14.6 Å². The number of hydrogen-bond acceptors (Lipinski definition) is 4. The zero-order chi connectivity index (χ0) is 12.7. The van der Waals surface area contributed by atoms with Gasteiger partial charge in [-0.25, -0.2) is 0 Å². The van der Waals surface area contributed by atoms with E-state index >= 15 is 0 Å². The molecular weight excluding hydrogens is 268 g/mol. The topological polar surface area (TPSA) is 116 Å². The molecule has 1 aromatic carbocycles. The number of aromatic nitrogens is 4. The van der Waals surface area contributed by atoms with E-state index in [9.17, 15) is 4.79 Å². The van der Waals surface area contributed by atoms with E-state index in [-0.39, 0.29) is 12.4 Å². The zero-order valence-electron chi connectivity index (χ0n) is 9.96. The number of fused-ring (bicyclic) bond motifs is 3. The Balaban J connectivity index is 0.00000133. The number of carbonyl (C=O) groups excluding carboxylic acids is 1. The van der Waals surface area contributed by atoms with E-state index in [0.717, 1.165) is 21.8 Å². The minimum absolute atomic E-state index is 0. The molecule has 0 aliphatic heterocycles. The van der Waals surface area contributed by atoms with Crippen LogP contribution >= 0.6 is 12.4 Å². The second kappa shape index (κ2) is 4.87. The fourth-order valence-electron chi connectivity index (χ4n) is 2.19. The lowest BCUT2D eigenvalue weighted by Crippen LogP contribution is -2.15. The van der Waals surface area contributed by atoms with Gasteiger partial charge < -0.3 is 11.5 Å². The summed E-state index contributed by atoms with van der Waals surface area (Å²) in [5, 5.41) is 12.5. The van der Waals surface area contributed by atoms with Crippen molar-refractivity contribution in [2.45, 2.75) is 6.54 Å². The van der Waals surface area contributed by atoms with Crippen molar-refractivity contribution in [1.82, 2.24) is 20.0 Å². The van der Waals surface area contributed by atoms with Crippen molar-refractivity contribution < 1.29 is 4.79 Å². The molecule has 1 amide bonds. The molecule has 0 radical (unpaired) electrons. The smallest absolute Gasteiger partial charge is 0.267 e. The number of halogens is 1. The Bertz CT molecular complexity index is 746. The second-order valence-corrected chi connectivity index (χ2v) is 4.03. The molecule has 3 aromatic rings. The standard InChI is InChI=1S/C11H12N6O.ClH/c12-3-4-17-10-6(9(16-17)11(13)18)1-2-8-7(10)5-14-15-8;/h1-2,5,16H,3-4,12H2,(H2,13,18);1H. The molecule has 2 heterocycles. The fraction of sp³-hybridized carbons (Fsp3) is 0.182. The van der Waals surface area contributed by atoms with Gasteiger partial charge in [-0.1, -0.05) is 0 Å². The van der Waals surface area contributed by atoms with Gasteiger partial charge in [-0.05, 0) is 12.1 Å². The number of rotatable bonds is 3. The van der Waals surface area contributed by atoms with Crippen LogP contribution in [0.2, 0.25) is 0 Å². The molecule has 0 saturated heterocycles. The van der Waals surface area contributed by atoms with Crippen LogP contribution in [-0.4, -0.2) is 32.4 Å². The van der Waals surface area contributed by atoms with Crippen LogP contribution in [-0.2, 0) is 6.54 Å². The number of nitrogens with one attached hydrogen (secondary N) is 1. The minimum Gasteiger partial charge on any atom is -0.364 e. The van der Waals surface area contributed by atoms with E-state index < -0.39 is 5.91 Å². The van der Waals surface area contributed by atoms with Crippen LogP contribution < -0.4 is 11.5 Å². The third-order valence-electron chi connectivity index (χ3n) is 2.93. The highest BCUT2D eigenvalue weighted by atomic mass is 35.5. The molecule has 5 N–H and O–H groups in total. The number of nitrogens with two attached hydrogens (primary N) is 2. The van der Waals surface area contributed by atoms with Crippen LogP contribution in [0.15, 0.2) is 18.3 Å². The second-order valence-electron chi connectivity index (χ2n) is 4.03. The van der Waals surface area contributed by atoms with Gasteiger partial charge in [-0.15, -0.1) is 12.4 Å². The predicted molar refractivity (Wildman–Crippen MR) is 74.2 cm³/mol. The van der Waals surface area contributed by atoms with E-state index in [1.807, 2.05) is 12.1 Å². The molecule has 0 spiro atoms. The Morgan fingerprint density at radius 3 is 2.84 bits per heavy atom. The largest absolute Gasteiger partial charge is 0.364 e. The molecule has 3 rings (SSSR count). The zero-order valence-corrected chi connectivity index (χ0v) is 10.8. The van der Waals surface area contributed by atoms with Gasteiger partial charge in [-0.2, -0.15) is 10.2 Å². The Hall–Kier alpha value is -2.12. The highest BCUT2D eigenvalue weighted by Crippen LogP contribution is 2.26. The molecule has 0 aliphatic rings. The predicted octanol–water partition coefficient (Wildman–Crippen LogP) is 0.392. The van der Waals surface area contributed by atoms with Crippen molar-refractivity contribution >= 4 is 40.1 Å². The Morgan fingerprint density at radius 2 is 2.16 bits per heavy atom. The monoisotopic (exact) mass is 280 g/mol. The number of carbonyl (C=O) groups is 1. The molecule has 8 heteroatoms. The quantitative estimate of drug-likeness (QED) is 0.643. The maximum Gasteiger partial charge on any atom is 0.267 e. The molecule has 0 fully saturated rings. The lowest BCUT2D eigenvalue weighted by atomic mass is 10.1. The molecule has 0 aliphatic carbocycles. The van der Waals surface area contributed by atoms with Crippen molar-refractivity contribution in [3.63, 3.8) is 0 Å². The molecule has 2 aromatic heterocycles. The van der Waals surface area contributed by atoms with E-state index in [1.165, 1.54) is 0 Å². The molecule has 7 nitrogen and oxygen atoms in total. The Labute approximate surface area is 114 Å². The highest BCUT2D eigenvalue weighted by Gasteiger charge is 2.16. The first-order chi connectivity index (χ1) is 8.72. The number of hydrogen-bond donors (Lipinski definition) is 3. The average molecular weight is 281 g/mol. The van der Waals surface area contributed by atoms with E-state index in [0.29, 0.717) is 18.8 Å². The summed E-state index contributed by atoms with van der Waals surface area (Å²) in [7, 11) is 0. The van der Waals surface area contributed by atoms with E-state index in [4.69, 9.17) is 11.5 Å². The Morgan fingerprint density at radius 1 is 1.37 bits per heavy atom. The average Bonchev–Trinajstić information content (AvgIpc) is 2.92. The molecular formula is C11H13ClN6O. The van der Waals surface area contributed by atoms with Crippen LogP contribution in [0, 0.1) is 0 Å². The molecule has 19 heavy (non-hydrogen) atoms. The molecule has 0 bridgehead atoms. The first kappa shape index (κ1) is 13.3. The van der Waals surface area contributed by atoms with Gasteiger partial charge >= 0.3 is 0 Å². The number of amides is 1. The van der Waals surface area contributed by atoms with Crippen molar-refractivity contribution in [2.24, 2.45) is 11.5 Å². The summed E-state index contributed by atoms with van der Waals surface area (Å²) in [6.45, 7) is 1.02. The van der Waals surface area contributed by atoms with Gasteiger partial charge in [0.2, 0.25) is 0 Å². The van der Waals surface area contributed by atoms with Crippen molar-refractivity contribution in [3.05, 3.63) is 24.0 Å². The summed E-state index contributed by atoms with van der Waals surface area (Å²) < 4.78 is 1.81. The van der Waals surface area contributed by atoms with Crippen molar-refractivity contribution in [2.75, 3.05) is 6.54 Å². The number of nitrogens with zero attached hydrogens (tertiary/aromatic N) is 3. The van der Waals surface area contributed by atoms with Crippen LogP contribution in [0.4, 0.5) is 0 Å². The van der Waals surface area contributed by atoms with Crippen molar-refractivity contribution in [1.29, 1.82) is 0 Å². The summed E-state index contributed by atoms with van der Waals surface area (Å²) in [6, 6.07) is 3.63. The molecule has 0 saturated carbocycles. The van der Waals surface area contributed by atoms with Crippen LogP contribution in [0.3, 0.4) is 0 Å². The number of benzene rings is 1. The lowest BCUT2D eigenvalue weighted by Gasteiger charge is -2.02. The van der Waals surface area contributed by atoms with Crippen LogP contribution in [0.25, 0.3) is 21.8 Å². The van der Waals surface area contributed by atoms with Gasteiger partial charge in [0.25, 0.3) is 5.91 Å². The summed E-state index contributed by atoms with van der Waals surface area (Å²) in [5.74, 6) is -0.498. The first-order valence-electron chi connectivity index (χ1n) is 5.55. The van der Waals surface area contributed by atoms with Gasteiger partial charge in [0.05, 0.1) is 23.8 Å². The molecule has 0 atom stereocenters. The maximum absolute atomic E-state index is 11.4. The van der Waals surface area contributed by atoms with Crippen LogP contribution in [0.5, 0.6) is 0 Å². The maximum atomic E-state index is 11.4. The minimum atomic E-state index is -0.498. The van der Waals surface area contributed by atoms with Gasteiger partial charge in [0.1, 0.15) is 5.69 Å². The summed E-state index contributed by atoms with van der Waals surface area (Å²) >= 11 is 0. The number of H-pyrrole nitrogens is 1. The van der Waals surface area contributed by atoms with E-state index in [2.05, 4.69) is 15.3 Å². The Kier molecular flexibility index (Phi) is 3.41. The highest BCUT2D eigenvalue weighted by molar-refractivity contribution is 6.12. The molecule has 100 valence electrons. The van der Waals surface area contributed by atoms with E-state index in [1.54, 1.807) is 10.9 Å². The van der Waals surface area contributed by atoms with Gasteiger partial charge in [0, 0.05) is 17.3 Å². The summed E-state index contributed by atoms with van der Waals surface area (Å²) in [4.78, 5) is 11.4. The van der Waals surface area contributed by atoms with Crippen LogP contribution in [0.1, 0.15) is 10.5 Å². The summed E-state index contributed by atoms with van der Waals surface area (Å²) in [5.41, 5.74) is 12.9. The number of primary amides is 1. The first-order valence-corrected chi connectivity index (χ1v) is 5.55.